The van der Waals surface area contributed by atoms with E-state index in [1.807, 2.05) is 0 Å². The van der Waals surface area contributed by atoms with Crippen LogP contribution in [0.2, 0.25) is 0 Å². The van der Waals surface area contributed by atoms with Crippen molar-refractivity contribution in [3.05, 3.63) is 59.7 Å². The molecule has 0 bridgehead atoms. The molecule has 2 aliphatic carbocycles. The zero-order chi connectivity index (χ0) is 19.8. The molecule has 0 heterocycles. The van der Waals surface area contributed by atoms with Crippen molar-refractivity contribution in [2.45, 2.75) is 83.5 Å². The van der Waals surface area contributed by atoms with Crippen molar-refractivity contribution in [3.63, 3.8) is 0 Å². The molecule has 2 saturated carbocycles. The van der Waals surface area contributed by atoms with Crippen molar-refractivity contribution in [1.82, 2.24) is 0 Å². The number of benzene rings is 1. The van der Waals surface area contributed by atoms with E-state index in [4.69, 9.17) is 5.26 Å². The van der Waals surface area contributed by atoms with E-state index in [1.54, 1.807) is 11.6 Å². The Morgan fingerprint density at radius 1 is 1.00 bits per heavy atom. The SMILES string of the molecule is C=C([C@H]1CC[C@H](/C=C/C#N)CC1)[C@H]1CC[C@H](c2ccc(CCCC)cc2)CC1. The van der Waals surface area contributed by atoms with Gasteiger partial charge < -0.3 is 0 Å². The third kappa shape index (κ3) is 5.60. The van der Waals surface area contributed by atoms with Gasteiger partial charge in [-0.25, -0.2) is 0 Å². The van der Waals surface area contributed by atoms with Crippen LogP contribution in [0.25, 0.3) is 0 Å². The first-order valence-corrected chi connectivity index (χ1v) is 11.5. The molecule has 2 aliphatic rings. The van der Waals surface area contributed by atoms with E-state index in [1.165, 1.54) is 81.8 Å². The Balaban J connectivity index is 1.45. The van der Waals surface area contributed by atoms with Gasteiger partial charge in [0.15, 0.2) is 0 Å². The molecule has 1 nitrogen and oxygen atoms in total. The summed E-state index contributed by atoms with van der Waals surface area (Å²) in [6, 6.07) is 11.6. The van der Waals surface area contributed by atoms with Crippen LogP contribution >= 0.6 is 0 Å². The highest BCUT2D eigenvalue weighted by atomic mass is 14.3. The molecule has 0 amide bonds. The van der Waals surface area contributed by atoms with Crippen molar-refractivity contribution in [2.75, 3.05) is 0 Å². The quantitative estimate of drug-likeness (QED) is 0.353. The van der Waals surface area contributed by atoms with Crippen LogP contribution in [0.5, 0.6) is 0 Å². The molecular weight excluding hydrogens is 338 g/mol. The second-order valence-corrected chi connectivity index (χ2v) is 9.07. The number of nitrogens with zero attached hydrogens (tertiary/aromatic N) is 1. The highest BCUT2D eigenvalue weighted by Crippen LogP contribution is 2.43. The lowest BCUT2D eigenvalue weighted by atomic mass is 9.70. The molecule has 2 fully saturated rings. The fraction of sp³-hybridized carbons (Fsp3) is 0.593. The number of nitriles is 1. The van der Waals surface area contributed by atoms with Gasteiger partial charge in [0.25, 0.3) is 0 Å². The normalized spacial score (nSPS) is 28.1. The van der Waals surface area contributed by atoms with E-state index in [-0.39, 0.29) is 0 Å². The molecule has 0 aromatic heterocycles. The van der Waals surface area contributed by atoms with Crippen LogP contribution in [0.4, 0.5) is 0 Å². The summed E-state index contributed by atoms with van der Waals surface area (Å²) in [7, 11) is 0. The summed E-state index contributed by atoms with van der Waals surface area (Å²) in [6.07, 6.45) is 17.8. The lowest BCUT2D eigenvalue weighted by Crippen LogP contribution is -2.22. The number of rotatable bonds is 7. The van der Waals surface area contributed by atoms with Crippen LogP contribution in [0.3, 0.4) is 0 Å². The molecule has 1 aromatic carbocycles. The van der Waals surface area contributed by atoms with Crippen molar-refractivity contribution in [1.29, 1.82) is 5.26 Å². The van der Waals surface area contributed by atoms with Gasteiger partial charge in [-0.1, -0.05) is 55.8 Å². The van der Waals surface area contributed by atoms with Gasteiger partial charge in [0, 0.05) is 6.08 Å². The minimum atomic E-state index is 0.611. The first-order valence-electron chi connectivity index (χ1n) is 11.5. The van der Waals surface area contributed by atoms with Crippen LogP contribution in [-0.2, 0) is 6.42 Å². The number of unbranched alkanes of at least 4 members (excludes halogenated alkanes) is 1. The van der Waals surface area contributed by atoms with E-state index >= 15 is 0 Å². The molecule has 28 heavy (non-hydrogen) atoms. The number of hydrogen-bond donors (Lipinski definition) is 0. The fourth-order valence-electron chi connectivity index (χ4n) is 5.33. The maximum absolute atomic E-state index is 8.71. The Bertz CT molecular complexity index is 674. The van der Waals surface area contributed by atoms with E-state index in [9.17, 15) is 0 Å². The zero-order valence-corrected chi connectivity index (χ0v) is 17.7. The summed E-state index contributed by atoms with van der Waals surface area (Å²) in [5.74, 6) is 2.80. The lowest BCUT2D eigenvalue weighted by molar-refractivity contribution is 0.290. The molecule has 0 atom stereocenters. The number of hydrogen-bond acceptors (Lipinski definition) is 1. The molecule has 0 aliphatic heterocycles. The zero-order valence-electron chi connectivity index (χ0n) is 17.7. The largest absolute Gasteiger partial charge is 0.193 e. The molecule has 0 saturated heterocycles. The molecule has 3 rings (SSSR count). The van der Waals surface area contributed by atoms with Crippen LogP contribution in [0.1, 0.15) is 88.2 Å². The van der Waals surface area contributed by atoms with E-state index in [0.29, 0.717) is 11.8 Å². The smallest absolute Gasteiger partial charge is 0.0908 e. The highest BCUT2D eigenvalue weighted by molar-refractivity contribution is 5.26. The van der Waals surface area contributed by atoms with Crippen LogP contribution in [0, 0.1) is 29.1 Å². The van der Waals surface area contributed by atoms with E-state index in [2.05, 4.69) is 49.9 Å². The second kappa shape index (κ2) is 10.7. The topological polar surface area (TPSA) is 23.8 Å². The van der Waals surface area contributed by atoms with Crippen LogP contribution < -0.4 is 0 Å². The van der Waals surface area contributed by atoms with Gasteiger partial charge >= 0.3 is 0 Å². The molecule has 0 radical (unpaired) electrons. The average molecular weight is 376 g/mol. The molecule has 0 unspecified atom stereocenters. The van der Waals surface area contributed by atoms with Crippen molar-refractivity contribution in [3.8, 4) is 6.07 Å². The predicted molar refractivity (Wildman–Crippen MR) is 119 cm³/mol. The molecule has 1 aromatic rings. The molecule has 0 N–H and O–H groups in total. The monoisotopic (exact) mass is 375 g/mol. The molecule has 1 heteroatoms. The Morgan fingerprint density at radius 3 is 2.18 bits per heavy atom. The fourth-order valence-corrected chi connectivity index (χ4v) is 5.33. The van der Waals surface area contributed by atoms with Crippen molar-refractivity contribution >= 4 is 0 Å². The standard InChI is InChI=1S/C27H37N/c1-3-4-6-22-10-14-26(15-11-22)27-18-16-25(17-19-27)21(2)24-12-8-23(9-13-24)7-5-20-28/h5,7,10-11,14-15,23-25,27H,2-4,6,8-9,12-13,16-19H2,1H3/b7-5+/t23-,24-,25-,27-. The van der Waals surface area contributed by atoms with Crippen LogP contribution in [0.15, 0.2) is 48.6 Å². The summed E-state index contributed by atoms with van der Waals surface area (Å²) >= 11 is 0. The Hall–Kier alpha value is -1.81. The minimum Gasteiger partial charge on any atom is -0.193 e. The maximum atomic E-state index is 8.71. The van der Waals surface area contributed by atoms with Gasteiger partial charge in [0.05, 0.1) is 6.07 Å². The Kier molecular flexibility index (Phi) is 7.96. The summed E-state index contributed by atoms with van der Waals surface area (Å²) in [5.41, 5.74) is 4.58. The highest BCUT2D eigenvalue weighted by Gasteiger charge is 2.29. The first kappa shape index (κ1) is 20.9. The van der Waals surface area contributed by atoms with E-state index in [0.717, 1.165) is 11.8 Å². The van der Waals surface area contributed by atoms with Gasteiger partial charge in [-0.3, -0.25) is 0 Å². The third-order valence-electron chi connectivity index (χ3n) is 7.26. The lowest BCUT2D eigenvalue weighted by Gasteiger charge is -2.36. The maximum Gasteiger partial charge on any atom is 0.0908 e. The van der Waals surface area contributed by atoms with Gasteiger partial charge in [-0.2, -0.15) is 5.26 Å². The summed E-state index contributed by atoms with van der Waals surface area (Å²) < 4.78 is 0. The minimum absolute atomic E-state index is 0.611. The van der Waals surface area contributed by atoms with E-state index < -0.39 is 0 Å². The van der Waals surface area contributed by atoms with Gasteiger partial charge in [0.2, 0.25) is 0 Å². The molecule has 0 spiro atoms. The van der Waals surface area contributed by atoms with Gasteiger partial charge in [0.1, 0.15) is 0 Å². The second-order valence-electron chi connectivity index (χ2n) is 9.07. The summed E-state index contributed by atoms with van der Waals surface area (Å²) in [4.78, 5) is 0. The Morgan fingerprint density at radius 2 is 1.61 bits per heavy atom. The van der Waals surface area contributed by atoms with Gasteiger partial charge in [-0.05, 0) is 99.0 Å². The van der Waals surface area contributed by atoms with Crippen LogP contribution in [-0.4, -0.2) is 0 Å². The first-order chi connectivity index (χ1) is 13.7. The number of aryl methyl sites for hydroxylation is 1. The Labute approximate surface area is 172 Å². The molecular formula is C27H37N. The predicted octanol–water partition coefficient (Wildman–Crippen LogP) is 7.75. The number of allylic oxidation sites excluding steroid dienone is 3. The summed E-state index contributed by atoms with van der Waals surface area (Å²) in [5, 5.41) is 8.71. The average Bonchev–Trinajstić information content (AvgIpc) is 2.76. The molecule has 150 valence electrons. The third-order valence-corrected chi connectivity index (χ3v) is 7.26. The van der Waals surface area contributed by atoms with Crippen molar-refractivity contribution in [2.24, 2.45) is 17.8 Å². The summed E-state index contributed by atoms with van der Waals surface area (Å²) in [6.45, 7) is 6.82. The van der Waals surface area contributed by atoms with Crippen molar-refractivity contribution < 1.29 is 0 Å². The van der Waals surface area contributed by atoms with Gasteiger partial charge in [-0.15, -0.1) is 0 Å².